The van der Waals surface area contributed by atoms with Crippen LogP contribution in [0.1, 0.15) is 0 Å². The molecule has 1 heterocycles. The van der Waals surface area contributed by atoms with Gasteiger partial charge in [0.2, 0.25) is 5.89 Å². The predicted octanol–water partition coefficient (Wildman–Crippen LogP) is 13.1. The van der Waals surface area contributed by atoms with Gasteiger partial charge in [0.1, 0.15) is 5.52 Å². The molecule has 0 unspecified atom stereocenters. The van der Waals surface area contributed by atoms with E-state index in [9.17, 15) is 0 Å². The summed E-state index contributed by atoms with van der Waals surface area (Å²) in [7, 11) is 0. The van der Waals surface area contributed by atoms with Gasteiger partial charge in [-0.05, 0) is 92.7 Å². The first kappa shape index (κ1) is 29.4. The molecule has 0 aliphatic heterocycles. The number of rotatable bonds is 7. The summed E-state index contributed by atoms with van der Waals surface area (Å²) >= 11 is 0. The Bertz CT molecular complexity index is 2470. The van der Waals surface area contributed by atoms with E-state index in [1.807, 2.05) is 18.2 Å². The second-order valence-electron chi connectivity index (χ2n) is 12.4. The number of para-hydroxylation sites is 1. The van der Waals surface area contributed by atoms with E-state index in [0.717, 1.165) is 39.3 Å². The monoisotopic (exact) mass is 640 g/mol. The first-order chi connectivity index (χ1) is 24.8. The molecule has 50 heavy (non-hydrogen) atoms. The number of fused-ring (bicyclic) bond motifs is 2. The number of oxazole rings is 1. The van der Waals surface area contributed by atoms with E-state index in [2.05, 4.69) is 181 Å². The molecule has 3 heteroatoms. The molecule has 0 amide bonds. The highest BCUT2D eigenvalue weighted by molar-refractivity contribution is 5.97. The first-order valence-electron chi connectivity index (χ1n) is 16.9. The van der Waals surface area contributed by atoms with Gasteiger partial charge in [-0.1, -0.05) is 146 Å². The summed E-state index contributed by atoms with van der Waals surface area (Å²) in [5.74, 6) is 0.593. The molecule has 0 radical (unpaired) electrons. The number of hydrogen-bond donors (Lipinski definition) is 0. The predicted molar refractivity (Wildman–Crippen MR) is 208 cm³/mol. The summed E-state index contributed by atoms with van der Waals surface area (Å²) in [5, 5.41) is 2.47. The molecule has 9 aromatic rings. The van der Waals surface area contributed by atoms with E-state index in [0.29, 0.717) is 5.89 Å². The molecule has 0 saturated carbocycles. The molecule has 1 aromatic heterocycles. The number of hydrogen-bond acceptors (Lipinski definition) is 3. The number of nitrogens with zero attached hydrogens (tertiary/aromatic N) is 2. The Labute approximate surface area is 291 Å². The van der Waals surface area contributed by atoms with Crippen molar-refractivity contribution in [2.45, 2.75) is 0 Å². The van der Waals surface area contributed by atoms with Gasteiger partial charge >= 0.3 is 0 Å². The van der Waals surface area contributed by atoms with Gasteiger partial charge in [0, 0.05) is 16.9 Å². The van der Waals surface area contributed by atoms with Crippen LogP contribution in [0.15, 0.2) is 199 Å². The quantitative estimate of drug-likeness (QED) is 0.174. The van der Waals surface area contributed by atoms with Gasteiger partial charge < -0.3 is 9.32 Å². The Morgan fingerprint density at radius 2 is 0.880 bits per heavy atom. The van der Waals surface area contributed by atoms with Crippen LogP contribution in [0.3, 0.4) is 0 Å². The lowest BCUT2D eigenvalue weighted by Crippen LogP contribution is -2.10. The van der Waals surface area contributed by atoms with Crippen molar-refractivity contribution in [1.82, 2.24) is 4.98 Å². The molecular formula is C47H32N2O. The third kappa shape index (κ3) is 5.51. The van der Waals surface area contributed by atoms with Gasteiger partial charge in [0.25, 0.3) is 0 Å². The molecule has 0 atom stereocenters. The molecule has 0 saturated heterocycles. The smallest absolute Gasteiger partial charge is 0.227 e. The van der Waals surface area contributed by atoms with E-state index in [1.54, 1.807) is 0 Å². The second-order valence-corrected chi connectivity index (χ2v) is 12.4. The van der Waals surface area contributed by atoms with Crippen LogP contribution in [0.5, 0.6) is 0 Å². The summed E-state index contributed by atoms with van der Waals surface area (Å²) < 4.78 is 6.66. The second kappa shape index (κ2) is 12.7. The van der Waals surface area contributed by atoms with Crippen LogP contribution in [-0.2, 0) is 0 Å². The Kier molecular flexibility index (Phi) is 7.49. The Morgan fingerprint density at radius 3 is 1.52 bits per heavy atom. The van der Waals surface area contributed by atoms with Crippen LogP contribution in [0.2, 0.25) is 0 Å². The lowest BCUT2D eigenvalue weighted by Gasteiger charge is -2.26. The summed E-state index contributed by atoms with van der Waals surface area (Å²) in [5.41, 5.74) is 12.5. The Morgan fingerprint density at radius 1 is 0.380 bits per heavy atom. The highest BCUT2D eigenvalue weighted by Crippen LogP contribution is 2.41. The minimum atomic E-state index is 0.593. The molecular weight excluding hydrogens is 609 g/mol. The molecule has 0 fully saturated rings. The fourth-order valence-corrected chi connectivity index (χ4v) is 6.80. The van der Waals surface area contributed by atoms with E-state index < -0.39 is 0 Å². The Hall–Kier alpha value is -6.71. The molecule has 0 bridgehead atoms. The number of benzene rings is 8. The third-order valence-corrected chi connectivity index (χ3v) is 9.33. The minimum absolute atomic E-state index is 0.593. The summed E-state index contributed by atoms with van der Waals surface area (Å²) in [6, 6.07) is 68.0. The van der Waals surface area contributed by atoms with Crippen molar-refractivity contribution in [3.8, 4) is 44.8 Å². The van der Waals surface area contributed by atoms with Gasteiger partial charge in [0.15, 0.2) is 5.58 Å². The zero-order valence-corrected chi connectivity index (χ0v) is 27.3. The topological polar surface area (TPSA) is 29.3 Å². The highest BCUT2D eigenvalue weighted by Gasteiger charge is 2.20. The largest absolute Gasteiger partial charge is 0.434 e. The average Bonchev–Trinajstić information content (AvgIpc) is 3.65. The van der Waals surface area contributed by atoms with E-state index in [1.165, 1.54) is 38.6 Å². The maximum Gasteiger partial charge on any atom is 0.227 e. The first-order valence-corrected chi connectivity index (χ1v) is 16.9. The van der Waals surface area contributed by atoms with Crippen LogP contribution >= 0.6 is 0 Å². The zero-order chi connectivity index (χ0) is 33.3. The van der Waals surface area contributed by atoms with Crippen molar-refractivity contribution < 1.29 is 4.42 Å². The van der Waals surface area contributed by atoms with Gasteiger partial charge in [0.05, 0.1) is 5.69 Å². The standard InChI is InChI=1S/C47H32N2O/c1-3-11-33(12-4-1)35-25-29-40(30-26-35)49(41-31-27-36(28-32-41)34-13-5-2-6-14-34)45-20-10-19-44-46(45)50-47(48-44)39-23-21-38(22-24-39)43-18-9-16-37-15-7-8-17-42(37)43/h1-32H. The normalized spacial score (nSPS) is 11.2. The van der Waals surface area contributed by atoms with Crippen LogP contribution in [0, 0.1) is 0 Å². The summed E-state index contributed by atoms with van der Waals surface area (Å²) in [4.78, 5) is 7.23. The Balaban J connectivity index is 1.12. The van der Waals surface area contributed by atoms with Crippen molar-refractivity contribution in [3.05, 3.63) is 194 Å². The van der Waals surface area contributed by atoms with E-state index >= 15 is 0 Å². The SMILES string of the molecule is c1ccc(-c2ccc(N(c3ccc(-c4ccccc4)cc3)c3cccc4nc(-c5ccc(-c6cccc7ccccc67)cc5)oc34)cc2)cc1. The van der Waals surface area contributed by atoms with Crippen molar-refractivity contribution in [1.29, 1.82) is 0 Å². The number of aromatic nitrogens is 1. The van der Waals surface area contributed by atoms with Crippen molar-refractivity contribution in [2.75, 3.05) is 4.90 Å². The molecule has 0 N–H and O–H groups in total. The molecule has 0 aliphatic carbocycles. The molecule has 0 spiro atoms. The van der Waals surface area contributed by atoms with Crippen molar-refractivity contribution >= 4 is 38.9 Å². The maximum atomic E-state index is 6.66. The van der Waals surface area contributed by atoms with Gasteiger partial charge in [-0.2, -0.15) is 0 Å². The third-order valence-electron chi connectivity index (χ3n) is 9.33. The van der Waals surface area contributed by atoms with E-state index in [-0.39, 0.29) is 0 Å². The van der Waals surface area contributed by atoms with Crippen molar-refractivity contribution in [2.24, 2.45) is 0 Å². The molecule has 0 aliphatic rings. The van der Waals surface area contributed by atoms with Crippen LogP contribution in [-0.4, -0.2) is 4.98 Å². The van der Waals surface area contributed by atoms with Crippen molar-refractivity contribution in [3.63, 3.8) is 0 Å². The van der Waals surface area contributed by atoms with Crippen LogP contribution in [0.25, 0.3) is 66.7 Å². The maximum absolute atomic E-state index is 6.66. The number of anilines is 3. The fourth-order valence-electron chi connectivity index (χ4n) is 6.80. The minimum Gasteiger partial charge on any atom is -0.434 e. The highest BCUT2D eigenvalue weighted by atomic mass is 16.3. The fraction of sp³-hybridized carbons (Fsp3) is 0. The van der Waals surface area contributed by atoms with Gasteiger partial charge in [-0.3, -0.25) is 0 Å². The van der Waals surface area contributed by atoms with Crippen LogP contribution in [0.4, 0.5) is 17.1 Å². The summed E-state index contributed by atoms with van der Waals surface area (Å²) in [6.45, 7) is 0. The van der Waals surface area contributed by atoms with Gasteiger partial charge in [-0.25, -0.2) is 4.98 Å². The lowest BCUT2D eigenvalue weighted by atomic mass is 9.97. The molecule has 3 nitrogen and oxygen atoms in total. The average molecular weight is 641 g/mol. The molecule has 9 rings (SSSR count). The van der Waals surface area contributed by atoms with Gasteiger partial charge in [-0.15, -0.1) is 0 Å². The molecule has 8 aromatic carbocycles. The lowest BCUT2D eigenvalue weighted by molar-refractivity contribution is 0.620. The van der Waals surface area contributed by atoms with Crippen LogP contribution < -0.4 is 4.90 Å². The molecule has 236 valence electrons. The zero-order valence-electron chi connectivity index (χ0n) is 27.3. The summed E-state index contributed by atoms with van der Waals surface area (Å²) in [6.07, 6.45) is 0. The van der Waals surface area contributed by atoms with E-state index in [4.69, 9.17) is 9.40 Å².